The maximum atomic E-state index is 11.3. The van der Waals surface area contributed by atoms with Gasteiger partial charge in [0.2, 0.25) is 5.12 Å². The van der Waals surface area contributed by atoms with Crippen molar-refractivity contribution in [2.75, 3.05) is 6.16 Å². The molecule has 2 unspecified atom stereocenters. The SMILES string of the molecule is CC1=C(C)C(C)(CP)SC1=O. The van der Waals surface area contributed by atoms with Crippen LogP contribution in [0.25, 0.3) is 0 Å². The molecule has 0 aromatic rings. The minimum Gasteiger partial charge on any atom is -0.282 e. The van der Waals surface area contributed by atoms with Crippen LogP contribution in [0, 0.1) is 0 Å². The Kier molecular flexibility index (Phi) is 2.46. The second kappa shape index (κ2) is 2.91. The zero-order valence-corrected chi connectivity index (χ0v) is 9.07. The first kappa shape index (κ1) is 9.28. The van der Waals surface area contributed by atoms with Crippen LogP contribution >= 0.6 is 21.0 Å². The van der Waals surface area contributed by atoms with Gasteiger partial charge < -0.3 is 0 Å². The lowest BCUT2D eigenvalue weighted by Gasteiger charge is -2.21. The molecule has 1 nitrogen and oxygen atoms in total. The Morgan fingerprint density at radius 1 is 1.55 bits per heavy atom. The number of carbonyl (C=O) groups is 1. The van der Waals surface area contributed by atoms with Crippen LogP contribution in [0.15, 0.2) is 11.1 Å². The van der Waals surface area contributed by atoms with Gasteiger partial charge in [0.05, 0.1) is 0 Å². The third-order valence-corrected chi connectivity index (χ3v) is 4.90. The van der Waals surface area contributed by atoms with Crippen LogP contribution in [0.2, 0.25) is 0 Å². The molecule has 0 spiro atoms. The highest BCUT2D eigenvalue weighted by Gasteiger charge is 2.37. The van der Waals surface area contributed by atoms with E-state index in [1.165, 1.54) is 17.3 Å². The summed E-state index contributed by atoms with van der Waals surface area (Å²) in [6.07, 6.45) is 0.951. The molecule has 0 amide bonds. The molecule has 0 aliphatic carbocycles. The third kappa shape index (κ3) is 1.39. The molecule has 0 saturated carbocycles. The van der Waals surface area contributed by atoms with Crippen LogP contribution in [0.4, 0.5) is 0 Å². The smallest absolute Gasteiger partial charge is 0.215 e. The Bertz CT molecular complexity index is 234. The molecule has 2 atom stereocenters. The van der Waals surface area contributed by atoms with Crippen molar-refractivity contribution < 1.29 is 4.79 Å². The van der Waals surface area contributed by atoms with Crippen molar-refractivity contribution in [1.82, 2.24) is 0 Å². The van der Waals surface area contributed by atoms with Crippen LogP contribution in [0.3, 0.4) is 0 Å². The largest absolute Gasteiger partial charge is 0.282 e. The van der Waals surface area contributed by atoms with Crippen LogP contribution in [0.5, 0.6) is 0 Å². The van der Waals surface area contributed by atoms with Crippen LogP contribution in [0.1, 0.15) is 20.8 Å². The fourth-order valence-corrected chi connectivity index (χ4v) is 2.76. The van der Waals surface area contributed by atoms with E-state index < -0.39 is 0 Å². The molecule has 1 rings (SSSR count). The number of carbonyl (C=O) groups excluding carboxylic acids is 1. The van der Waals surface area contributed by atoms with Crippen molar-refractivity contribution in [3.63, 3.8) is 0 Å². The monoisotopic (exact) mass is 188 g/mol. The molecule has 0 N–H and O–H groups in total. The lowest BCUT2D eigenvalue weighted by molar-refractivity contribution is -0.107. The van der Waals surface area contributed by atoms with Gasteiger partial charge in [-0.2, -0.15) is 0 Å². The number of hydrogen-bond donors (Lipinski definition) is 0. The minimum absolute atomic E-state index is 0.0475. The summed E-state index contributed by atoms with van der Waals surface area (Å²) in [5, 5.41) is 0.243. The average molecular weight is 188 g/mol. The van der Waals surface area contributed by atoms with Gasteiger partial charge in [-0.1, -0.05) is 11.8 Å². The fourth-order valence-electron chi connectivity index (χ4n) is 1.10. The van der Waals surface area contributed by atoms with E-state index in [1.807, 2.05) is 6.92 Å². The summed E-state index contributed by atoms with van der Waals surface area (Å²) in [7, 11) is 2.70. The lowest BCUT2D eigenvalue weighted by Crippen LogP contribution is -2.20. The molecule has 1 aliphatic heterocycles. The first-order chi connectivity index (χ1) is 5.01. The maximum Gasteiger partial charge on any atom is 0.215 e. The summed E-state index contributed by atoms with van der Waals surface area (Å²) in [4.78, 5) is 11.3. The standard InChI is InChI=1S/C8H13OPS/c1-5-6(2)8(3,4-10)11-7(5)9/h4,10H2,1-3H3. The van der Waals surface area contributed by atoms with Gasteiger partial charge >= 0.3 is 0 Å². The second-order valence-electron chi connectivity index (χ2n) is 3.07. The predicted molar refractivity (Wildman–Crippen MR) is 54.0 cm³/mol. The Morgan fingerprint density at radius 3 is 2.27 bits per heavy atom. The van der Waals surface area contributed by atoms with Gasteiger partial charge in [0, 0.05) is 10.3 Å². The normalized spacial score (nSPS) is 31.8. The van der Waals surface area contributed by atoms with Gasteiger partial charge in [0.25, 0.3) is 0 Å². The molecule has 0 aromatic heterocycles. The molecule has 0 saturated heterocycles. The van der Waals surface area contributed by atoms with E-state index in [-0.39, 0.29) is 9.86 Å². The van der Waals surface area contributed by atoms with Gasteiger partial charge in [0.15, 0.2) is 0 Å². The van der Waals surface area contributed by atoms with Crippen LogP contribution in [-0.2, 0) is 4.79 Å². The van der Waals surface area contributed by atoms with E-state index in [0.29, 0.717) is 0 Å². The molecule has 0 radical (unpaired) electrons. The summed E-state index contributed by atoms with van der Waals surface area (Å²) in [6.45, 7) is 6.09. The third-order valence-electron chi connectivity index (χ3n) is 2.37. The number of rotatable bonds is 1. The van der Waals surface area contributed by atoms with Gasteiger partial charge in [-0.25, -0.2) is 0 Å². The van der Waals surface area contributed by atoms with Gasteiger partial charge in [-0.3, -0.25) is 4.79 Å². The Labute approximate surface area is 74.2 Å². The predicted octanol–water partition coefficient (Wildman–Crippen LogP) is 2.23. The molecule has 62 valence electrons. The summed E-state index contributed by atoms with van der Waals surface area (Å²) in [5.74, 6) is 0. The molecule has 0 bridgehead atoms. The van der Waals surface area contributed by atoms with Gasteiger partial charge in [-0.05, 0) is 32.5 Å². The summed E-state index contributed by atoms with van der Waals surface area (Å²) in [6, 6.07) is 0. The lowest BCUT2D eigenvalue weighted by atomic mass is 10.0. The van der Waals surface area contributed by atoms with Gasteiger partial charge in [0.1, 0.15) is 0 Å². The van der Waals surface area contributed by atoms with Gasteiger partial charge in [-0.15, -0.1) is 9.24 Å². The summed E-state index contributed by atoms with van der Waals surface area (Å²) in [5.41, 5.74) is 2.18. The van der Waals surface area contributed by atoms with Crippen molar-refractivity contribution in [1.29, 1.82) is 0 Å². The Morgan fingerprint density at radius 2 is 2.09 bits per heavy atom. The van der Waals surface area contributed by atoms with Crippen molar-refractivity contribution in [2.45, 2.75) is 25.5 Å². The molecular formula is C8H13OPS. The summed E-state index contributed by atoms with van der Waals surface area (Å²) >= 11 is 1.45. The first-order valence-electron chi connectivity index (χ1n) is 3.62. The second-order valence-corrected chi connectivity index (χ2v) is 4.96. The van der Waals surface area contributed by atoms with Crippen molar-refractivity contribution in [3.05, 3.63) is 11.1 Å². The number of thioether (sulfide) groups is 1. The van der Waals surface area contributed by atoms with E-state index in [4.69, 9.17) is 0 Å². The van der Waals surface area contributed by atoms with E-state index in [2.05, 4.69) is 23.1 Å². The Hall–Kier alpha value is 0.190. The summed E-state index contributed by atoms with van der Waals surface area (Å²) < 4.78 is 0.0475. The highest BCUT2D eigenvalue weighted by molar-refractivity contribution is 8.16. The highest BCUT2D eigenvalue weighted by atomic mass is 32.2. The highest BCUT2D eigenvalue weighted by Crippen LogP contribution is 2.44. The molecule has 1 aliphatic rings. The fraction of sp³-hybridized carbons (Fsp3) is 0.625. The molecule has 3 heteroatoms. The van der Waals surface area contributed by atoms with E-state index in [9.17, 15) is 4.79 Å². The Balaban J connectivity index is 3.03. The first-order valence-corrected chi connectivity index (χ1v) is 5.26. The zero-order chi connectivity index (χ0) is 8.65. The quantitative estimate of drug-likeness (QED) is 0.587. The molecule has 0 aromatic carbocycles. The maximum absolute atomic E-state index is 11.3. The van der Waals surface area contributed by atoms with Crippen molar-refractivity contribution in [3.8, 4) is 0 Å². The molecule has 11 heavy (non-hydrogen) atoms. The molecule has 1 heterocycles. The average Bonchev–Trinajstić information content (AvgIpc) is 2.17. The van der Waals surface area contributed by atoms with Crippen LogP contribution in [-0.4, -0.2) is 16.0 Å². The topological polar surface area (TPSA) is 17.1 Å². The van der Waals surface area contributed by atoms with Crippen molar-refractivity contribution in [2.24, 2.45) is 0 Å². The number of hydrogen-bond acceptors (Lipinski definition) is 2. The van der Waals surface area contributed by atoms with E-state index in [0.717, 1.165) is 11.7 Å². The minimum atomic E-state index is 0.0475. The van der Waals surface area contributed by atoms with E-state index >= 15 is 0 Å². The molecule has 0 fully saturated rings. The van der Waals surface area contributed by atoms with E-state index in [1.54, 1.807) is 0 Å². The zero-order valence-electron chi connectivity index (χ0n) is 7.10. The molecular weight excluding hydrogens is 175 g/mol. The van der Waals surface area contributed by atoms with Crippen molar-refractivity contribution >= 4 is 26.1 Å². The van der Waals surface area contributed by atoms with Crippen LogP contribution < -0.4 is 0 Å².